The summed E-state index contributed by atoms with van der Waals surface area (Å²) in [5, 5.41) is 0. The summed E-state index contributed by atoms with van der Waals surface area (Å²) in [5.41, 5.74) is 5.09. The lowest BCUT2D eigenvalue weighted by atomic mass is 9.99. The lowest BCUT2D eigenvalue weighted by Crippen LogP contribution is -2.14. The average molecular weight is 353 g/mol. The molecule has 0 amide bonds. The maximum atomic E-state index is 11.0. The predicted octanol–water partition coefficient (Wildman–Crippen LogP) is 6.36. The minimum absolute atomic E-state index is 0.0880. The van der Waals surface area contributed by atoms with Crippen molar-refractivity contribution in [2.45, 2.75) is 71.8 Å². The highest BCUT2D eigenvalue weighted by molar-refractivity contribution is 5.66. The molecule has 0 spiro atoms. The molecule has 140 valence electrons. The van der Waals surface area contributed by atoms with E-state index in [-0.39, 0.29) is 12.1 Å². The second-order valence-electron chi connectivity index (χ2n) is 7.18. The Hall–Kier alpha value is -2.09. The normalized spacial score (nSPS) is 12.0. The van der Waals surface area contributed by atoms with Gasteiger partial charge in [-0.2, -0.15) is 0 Å². The van der Waals surface area contributed by atoms with Crippen LogP contribution < -0.4 is 0 Å². The molecule has 26 heavy (non-hydrogen) atoms. The van der Waals surface area contributed by atoms with E-state index in [0.29, 0.717) is 0 Å². The van der Waals surface area contributed by atoms with Crippen molar-refractivity contribution in [2.75, 3.05) is 0 Å². The molecule has 1 unspecified atom stereocenters. The molecule has 0 saturated carbocycles. The van der Waals surface area contributed by atoms with Gasteiger partial charge in [0.25, 0.3) is 0 Å². The second kappa shape index (κ2) is 10.8. The van der Waals surface area contributed by atoms with Crippen molar-refractivity contribution in [1.82, 2.24) is 0 Å². The molecule has 0 saturated heterocycles. The van der Waals surface area contributed by atoms with Crippen molar-refractivity contribution in [3.63, 3.8) is 0 Å². The van der Waals surface area contributed by atoms with Crippen LogP contribution in [0, 0.1) is 0 Å². The summed E-state index contributed by atoms with van der Waals surface area (Å²) in [6.45, 7) is 5.64. The third-order valence-electron chi connectivity index (χ3n) is 4.70. The van der Waals surface area contributed by atoms with Gasteiger partial charge in [0, 0.05) is 13.3 Å². The van der Waals surface area contributed by atoms with Crippen molar-refractivity contribution >= 4 is 5.97 Å². The number of rotatable bonds is 10. The Bertz CT molecular complexity index is 656. The van der Waals surface area contributed by atoms with Gasteiger partial charge in [0.05, 0.1) is 0 Å². The Kier molecular flexibility index (Phi) is 8.40. The fourth-order valence-corrected chi connectivity index (χ4v) is 3.29. The molecule has 2 rings (SSSR count). The first-order chi connectivity index (χ1) is 12.6. The van der Waals surface area contributed by atoms with E-state index in [4.69, 9.17) is 4.74 Å². The van der Waals surface area contributed by atoms with E-state index in [9.17, 15) is 4.79 Å². The highest BCUT2D eigenvalue weighted by Gasteiger charge is 2.07. The molecule has 0 aliphatic carbocycles. The molecule has 2 aromatic carbocycles. The summed E-state index contributed by atoms with van der Waals surface area (Å²) in [6, 6.07) is 17.5. The zero-order valence-electron chi connectivity index (χ0n) is 16.5. The van der Waals surface area contributed by atoms with Gasteiger partial charge in [0.1, 0.15) is 6.10 Å². The number of hydrogen-bond acceptors (Lipinski definition) is 2. The van der Waals surface area contributed by atoms with Crippen molar-refractivity contribution in [1.29, 1.82) is 0 Å². The highest BCUT2D eigenvalue weighted by Crippen LogP contribution is 2.22. The minimum atomic E-state index is -0.223. The van der Waals surface area contributed by atoms with E-state index in [2.05, 4.69) is 55.5 Å². The lowest BCUT2D eigenvalue weighted by molar-refractivity contribution is -0.145. The van der Waals surface area contributed by atoms with Crippen molar-refractivity contribution in [3.05, 3.63) is 59.7 Å². The van der Waals surface area contributed by atoms with Crippen molar-refractivity contribution < 1.29 is 9.53 Å². The average Bonchev–Trinajstić information content (AvgIpc) is 2.62. The van der Waals surface area contributed by atoms with E-state index >= 15 is 0 Å². The standard InChI is InChI=1S/C24H32O2/c1-4-5-6-7-8-9-21-10-14-23(15-11-21)24-16-12-22(13-17-24)18-19(2)26-20(3)25/h10-17,19H,4-9,18H2,1-3H3. The molecule has 0 aromatic heterocycles. The Morgan fingerprint density at radius 3 is 1.92 bits per heavy atom. The summed E-state index contributed by atoms with van der Waals surface area (Å²) in [7, 11) is 0. The Morgan fingerprint density at radius 2 is 1.38 bits per heavy atom. The van der Waals surface area contributed by atoms with Crippen LogP contribution in [0.5, 0.6) is 0 Å². The van der Waals surface area contributed by atoms with E-state index in [1.54, 1.807) is 0 Å². The summed E-state index contributed by atoms with van der Waals surface area (Å²) in [5.74, 6) is -0.223. The first-order valence-electron chi connectivity index (χ1n) is 9.94. The number of hydrogen-bond donors (Lipinski definition) is 0. The molecule has 0 bridgehead atoms. The van der Waals surface area contributed by atoms with Crippen molar-refractivity contribution in [3.8, 4) is 11.1 Å². The van der Waals surface area contributed by atoms with Crippen LogP contribution in [-0.4, -0.2) is 12.1 Å². The molecule has 0 N–H and O–H groups in total. The van der Waals surface area contributed by atoms with Crippen molar-refractivity contribution in [2.24, 2.45) is 0 Å². The molecule has 0 heterocycles. The van der Waals surface area contributed by atoms with Gasteiger partial charge in [-0.15, -0.1) is 0 Å². The number of carbonyl (C=O) groups excluding carboxylic acids is 1. The summed E-state index contributed by atoms with van der Waals surface area (Å²) >= 11 is 0. The van der Waals surface area contributed by atoms with Crippen LogP contribution >= 0.6 is 0 Å². The van der Waals surface area contributed by atoms with E-state index in [1.807, 2.05) is 6.92 Å². The quantitative estimate of drug-likeness (QED) is 0.367. The third-order valence-corrected chi connectivity index (χ3v) is 4.70. The van der Waals surface area contributed by atoms with Crippen LogP contribution in [0.15, 0.2) is 48.5 Å². The topological polar surface area (TPSA) is 26.3 Å². The maximum absolute atomic E-state index is 11.0. The molecule has 0 radical (unpaired) electrons. The Morgan fingerprint density at radius 1 is 0.846 bits per heavy atom. The molecule has 0 aliphatic heterocycles. The van der Waals surface area contributed by atoms with Gasteiger partial charge in [-0.25, -0.2) is 0 Å². The number of unbranched alkanes of at least 4 members (excludes halogenated alkanes) is 4. The summed E-state index contributed by atoms with van der Waals surface area (Å²) in [4.78, 5) is 11.0. The number of ether oxygens (including phenoxy) is 1. The van der Waals surface area contributed by atoms with E-state index in [0.717, 1.165) is 6.42 Å². The van der Waals surface area contributed by atoms with Crippen LogP contribution in [0.3, 0.4) is 0 Å². The summed E-state index contributed by atoms with van der Waals surface area (Å²) < 4.78 is 5.20. The number of aryl methyl sites for hydroxylation is 1. The Labute approximate surface area is 158 Å². The largest absolute Gasteiger partial charge is 0.463 e. The monoisotopic (exact) mass is 352 g/mol. The first-order valence-corrected chi connectivity index (χ1v) is 9.94. The Balaban J connectivity index is 1.87. The molecule has 2 nitrogen and oxygen atoms in total. The molecule has 0 aliphatic rings. The van der Waals surface area contributed by atoms with Crippen LogP contribution in [-0.2, 0) is 22.4 Å². The highest BCUT2D eigenvalue weighted by atomic mass is 16.5. The summed E-state index contributed by atoms with van der Waals surface area (Å²) in [6.07, 6.45) is 8.47. The SMILES string of the molecule is CCCCCCCc1ccc(-c2ccc(CC(C)OC(C)=O)cc2)cc1. The number of carbonyl (C=O) groups is 1. The van der Waals surface area contributed by atoms with Gasteiger partial charge in [-0.3, -0.25) is 4.79 Å². The van der Waals surface area contributed by atoms with Gasteiger partial charge in [-0.05, 0) is 42.0 Å². The third kappa shape index (κ3) is 7.03. The van der Waals surface area contributed by atoms with Crippen LogP contribution in [0.2, 0.25) is 0 Å². The van der Waals surface area contributed by atoms with Gasteiger partial charge >= 0.3 is 5.97 Å². The predicted molar refractivity (Wildman–Crippen MR) is 109 cm³/mol. The lowest BCUT2D eigenvalue weighted by Gasteiger charge is -2.12. The molecule has 0 fully saturated rings. The van der Waals surface area contributed by atoms with Gasteiger partial charge < -0.3 is 4.74 Å². The van der Waals surface area contributed by atoms with Gasteiger partial charge in [-0.1, -0.05) is 81.1 Å². The zero-order valence-corrected chi connectivity index (χ0v) is 16.5. The minimum Gasteiger partial charge on any atom is -0.463 e. The van der Waals surface area contributed by atoms with Crippen LogP contribution in [0.1, 0.15) is 64.0 Å². The molecule has 1 atom stereocenters. The number of esters is 1. The molecule has 2 aromatic rings. The fourth-order valence-electron chi connectivity index (χ4n) is 3.29. The molecular formula is C24H32O2. The number of benzene rings is 2. The molecular weight excluding hydrogens is 320 g/mol. The van der Waals surface area contributed by atoms with E-state index < -0.39 is 0 Å². The van der Waals surface area contributed by atoms with Gasteiger partial charge in [0.15, 0.2) is 0 Å². The smallest absolute Gasteiger partial charge is 0.302 e. The fraction of sp³-hybridized carbons (Fsp3) is 0.458. The first kappa shape index (κ1) is 20.2. The van der Waals surface area contributed by atoms with Crippen LogP contribution in [0.4, 0.5) is 0 Å². The second-order valence-corrected chi connectivity index (χ2v) is 7.18. The van der Waals surface area contributed by atoms with E-state index in [1.165, 1.54) is 67.7 Å². The van der Waals surface area contributed by atoms with Crippen LogP contribution in [0.25, 0.3) is 11.1 Å². The zero-order chi connectivity index (χ0) is 18.8. The van der Waals surface area contributed by atoms with Gasteiger partial charge in [0.2, 0.25) is 0 Å². The maximum Gasteiger partial charge on any atom is 0.302 e. The molecule has 2 heteroatoms.